The highest BCUT2D eigenvalue weighted by Gasteiger charge is 2.25. The molecule has 0 saturated heterocycles. The Balaban J connectivity index is 0. The smallest absolute Gasteiger partial charge is 0 e. The fraction of sp³-hybridized carbons (Fsp3) is 1.00. The van der Waals surface area contributed by atoms with Crippen molar-refractivity contribution >= 4 is 8.41 Å². The molecule has 0 fully saturated rings. The van der Waals surface area contributed by atoms with Crippen molar-refractivity contribution in [2.75, 3.05) is 0 Å². The van der Waals surface area contributed by atoms with Gasteiger partial charge in [-0.2, -0.15) is 0 Å². The van der Waals surface area contributed by atoms with E-state index in [1.54, 1.807) is 0 Å². The van der Waals surface area contributed by atoms with Crippen molar-refractivity contribution in [2.45, 2.75) is 41.5 Å². The van der Waals surface area contributed by atoms with Crippen molar-refractivity contribution in [2.24, 2.45) is 17.3 Å². The largest absolute Gasteiger partial charge is 0.0623 e. The third-order valence-corrected chi connectivity index (χ3v) is 2.98. The van der Waals surface area contributed by atoms with E-state index in [1.165, 1.54) is 0 Å². The van der Waals surface area contributed by atoms with Crippen LogP contribution in [0.2, 0.25) is 0 Å². The molecule has 0 amide bonds. The summed E-state index contributed by atoms with van der Waals surface area (Å²) in [6, 6.07) is 0. The summed E-state index contributed by atoms with van der Waals surface area (Å²) >= 11 is 0. The molecule has 10 heavy (non-hydrogen) atoms. The molecule has 0 saturated carbocycles. The SMILES string of the molecule is CC(C)C(C)(C)C(C)C.[B]. The second kappa shape index (κ2) is 4.05. The first kappa shape index (κ1) is 12.7. The molecule has 0 aliphatic heterocycles. The number of hydrogen-bond donors (Lipinski definition) is 0. The Labute approximate surface area is 68.0 Å². The number of hydrogen-bond acceptors (Lipinski definition) is 0. The molecule has 0 aromatic carbocycles. The lowest BCUT2D eigenvalue weighted by molar-refractivity contribution is 0.165. The minimum atomic E-state index is 0. The second-order valence-corrected chi connectivity index (χ2v) is 4.13. The summed E-state index contributed by atoms with van der Waals surface area (Å²) in [5, 5.41) is 0. The van der Waals surface area contributed by atoms with Gasteiger partial charge in [0.25, 0.3) is 0 Å². The fourth-order valence-corrected chi connectivity index (χ4v) is 0.667. The highest BCUT2D eigenvalue weighted by molar-refractivity contribution is 5.75. The molecule has 0 rings (SSSR count). The maximum absolute atomic E-state index is 2.34. The molecule has 0 aromatic rings. The standard InChI is InChI=1S/C9H20.B/c1-7(2)9(5,6)8(3)4;/h7-8H,1-6H3;. The highest BCUT2D eigenvalue weighted by Crippen LogP contribution is 2.33. The third kappa shape index (κ3) is 2.77. The van der Waals surface area contributed by atoms with Crippen molar-refractivity contribution in [1.82, 2.24) is 0 Å². The summed E-state index contributed by atoms with van der Waals surface area (Å²) in [6.07, 6.45) is 0. The Morgan fingerprint density at radius 2 is 1.00 bits per heavy atom. The van der Waals surface area contributed by atoms with Crippen molar-refractivity contribution in [3.05, 3.63) is 0 Å². The Kier molecular flexibility index (Phi) is 5.15. The lowest BCUT2D eigenvalue weighted by Gasteiger charge is -2.33. The Morgan fingerprint density at radius 3 is 1.00 bits per heavy atom. The van der Waals surface area contributed by atoms with Crippen LogP contribution in [0.25, 0.3) is 0 Å². The normalized spacial score (nSPS) is 12.0. The van der Waals surface area contributed by atoms with Gasteiger partial charge in [-0.15, -0.1) is 0 Å². The zero-order valence-corrected chi connectivity index (χ0v) is 8.23. The van der Waals surface area contributed by atoms with Crippen molar-refractivity contribution in [3.63, 3.8) is 0 Å². The van der Waals surface area contributed by atoms with E-state index >= 15 is 0 Å². The first-order valence-corrected chi connectivity index (χ1v) is 3.89. The number of rotatable bonds is 2. The predicted octanol–water partition coefficient (Wildman–Crippen LogP) is 2.94. The quantitative estimate of drug-likeness (QED) is 0.516. The zero-order valence-electron chi connectivity index (χ0n) is 8.23. The lowest BCUT2D eigenvalue weighted by atomic mass is 9.72. The molecule has 0 atom stereocenters. The Morgan fingerprint density at radius 1 is 0.800 bits per heavy atom. The van der Waals surface area contributed by atoms with E-state index in [1.807, 2.05) is 0 Å². The lowest BCUT2D eigenvalue weighted by Crippen LogP contribution is -2.25. The van der Waals surface area contributed by atoms with Crippen LogP contribution in [0.15, 0.2) is 0 Å². The van der Waals surface area contributed by atoms with E-state index in [0.717, 1.165) is 11.8 Å². The molecule has 59 valence electrons. The summed E-state index contributed by atoms with van der Waals surface area (Å²) < 4.78 is 0. The molecular weight excluding hydrogens is 119 g/mol. The van der Waals surface area contributed by atoms with Crippen molar-refractivity contribution in [3.8, 4) is 0 Å². The van der Waals surface area contributed by atoms with E-state index in [-0.39, 0.29) is 8.41 Å². The van der Waals surface area contributed by atoms with Gasteiger partial charge in [0.15, 0.2) is 0 Å². The monoisotopic (exact) mass is 139 g/mol. The maximum atomic E-state index is 2.34. The first-order chi connectivity index (χ1) is 3.89. The van der Waals surface area contributed by atoms with Crippen molar-refractivity contribution < 1.29 is 0 Å². The molecule has 0 unspecified atom stereocenters. The van der Waals surface area contributed by atoms with Crippen LogP contribution in [-0.2, 0) is 0 Å². The summed E-state index contributed by atoms with van der Waals surface area (Å²) in [5.74, 6) is 1.58. The Bertz CT molecular complexity index is 72.7. The summed E-state index contributed by atoms with van der Waals surface area (Å²) in [6.45, 7) is 13.8. The average molecular weight is 139 g/mol. The van der Waals surface area contributed by atoms with Crippen LogP contribution in [0.1, 0.15) is 41.5 Å². The van der Waals surface area contributed by atoms with Gasteiger partial charge < -0.3 is 0 Å². The van der Waals surface area contributed by atoms with Crippen LogP contribution in [0.3, 0.4) is 0 Å². The fourth-order valence-electron chi connectivity index (χ4n) is 0.667. The topological polar surface area (TPSA) is 0 Å². The predicted molar refractivity (Wildman–Crippen MR) is 49.2 cm³/mol. The molecule has 0 aromatic heterocycles. The van der Waals surface area contributed by atoms with E-state index in [0.29, 0.717) is 5.41 Å². The maximum Gasteiger partial charge on any atom is 0 e. The summed E-state index contributed by atoms with van der Waals surface area (Å²) in [4.78, 5) is 0. The van der Waals surface area contributed by atoms with Crippen LogP contribution in [0.5, 0.6) is 0 Å². The highest BCUT2D eigenvalue weighted by atomic mass is 14.3. The minimum absolute atomic E-state index is 0. The van der Waals surface area contributed by atoms with Gasteiger partial charge in [0.1, 0.15) is 0 Å². The molecule has 0 nitrogen and oxygen atoms in total. The molecule has 0 aliphatic carbocycles. The summed E-state index contributed by atoms with van der Waals surface area (Å²) in [5.41, 5.74) is 0.500. The van der Waals surface area contributed by atoms with Gasteiger partial charge in [-0.1, -0.05) is 41.5 Å². The molecule has 0 N–H and O–H groups in total. The molecule has 1 heteroatoms. The van der Waals surface area contributed by atoms with Crippen molar-refractivity contribution in [1.29, 1.82) is 0 Å². The van der Waals surface area contributed by atoms with Crippen LogP contribution < -0.4 is 0 Å². The van der Waals surface area contributed by atoms with Gasteiger partial charge >= 0.3 is 0 Å². The molecule has 3 radical (unpaired) electrons. The van der Waals surface area contributed by atoms with E-state index < -0.39 is 0 Å². The van der Waals surface area contributed by atoms with Crippen LogP contribution in [0.4, 0.5) is 0 Å². The molecule has 0 bridgehead atoms. The van der Waals surface area contributed by atoms with E-state index in [2.05, 4.69) is 41.5 Å². The first-order valence-electron chi connectivity index (χ1n) is 3.89. The van der Waals surface area contributed by atoms with Gasteiger partial charge in [0.2, 0.25) is 0 Å². The Hall–Kier alpha value is 0.0649. The van der Waals surface area contributed by atoms with Crippen LogP contribution >= 0.6 is 0 Å². The zero-order chi connectivity index (χ0) is 7.65. The van der Waals surface area contributed by atoms with Gasteiger partial charge in [0.05, 0.1) is 0 Å². The average Bonchev–Trinajstić information content (AvgIpc) is 1.65. The second-order valence-electron chi connectivity index (χ2n) is 4.13. The third-order valence-electron chi connectivity index (χ3n) is 2.98. The van der Waals surface area contributed by atoms with E-state index in [4.69, 9.17) is 0 Å². The minimum Gasteiger partial charge on any atom is -0.0623 e. The van der Waals surface area contributed by atoms with Gasteiger partial charge in [-0.3, -0.25) is 0 Å². The molecule has 0 aliphatic rings. The summed E-state index contributed by atoms with van der Waals surface area (Å²) in [7, 11) is 0. The molecular formula is C9H20B. The van der Waals surface area contributed by atoms with Gasteiger partial charge in [0, 0.05) is 8.41 Å². The van der Waals surface area contributed by atoms with E-state index in [9.17, 15) is 0 Å². The van der Waals surface area contributed by atoms with Gasteiger partial charge in [-0.05, 0) is 17.3 Å². The van der Waals surface area contributed by atoms with Gasteiger partial charge in [-0.25, -0.2) is 0 Å². The van der Waals surface area contributed by atoms with Crippen LogP contribution in [0, 0.1) is 17.3 Å². The molecule has 0 spiro atoms. The molecule has 0 heterocycles. The van der Waals surface area contributed by atoms with Crippen LogP contribution in [-0.4, -0.2) is 8.41 Å².